The van der Waals surface area contributed by atoms with Crippen LogP contribution in [0.2, 0.25) is 4.34 Å². The molecule has 0 atom stereocenters. The highest BCUT2D eigenvalue weighted by molar-refractivity contribution is 7.98. The molecule has 2 heterocycles. The summed E-state index contributed by atoms with van der Waals surface area (Å²) >= 11 is 8.27. The maximum Gasteiger partial charge on any atom is 0.307 e. The molecule has 0 aliphatic heterocycles. The Kier molecular flexibility index (Phi) is 4.70. The minimum absolute atomic E-state index is 0.0511. The third-order valence-corrected chi connectivity index (χ3v) is 5.99. The first-order valence-corrected chi connectivity index (χ1v) is 9.20. The lowest BCUT2D eigenvalue weighted by Gasteiger charge is -2.05. The molecular weight excluding hydrogens is 340 g/mol. The minimum atomic E-state index is -3.82. The fraction of sp³-hybridized carbons (Fsp3) is 0.273. The molecule has 0 aliphatic carbocycles. The van der Waals surface area contributed by atoms with E-state index >= 15 is 0 Å². The summed E-state index contributed by atoms with van der Waals surface area (Å²) in [4.78, 5) is 8.56. The van der Waals surface area contributed by atoms with Gasteiger partial charge >= 0.3 is 10.1 Å². The van der Waals surface area contributed by atoms with Gasteiger partial charge in [-0.25, -0.2) is 9.97 Å². The Labute approximate surface area is 130 Å². The van der Waals surface area contributed by atoms with Crippen molar-refractivity contribution in [1.29, 1.82) is 0 Å². The van der Waals surface area contributed by atoms with Crippen molar-refractivity contribution in [3.63, 3.8) is 0 Å². The van der Waals surface area contributed by atoms with Crippen molar-refractivity contribution in [3.8, 4) is 11.3 Å². The number of rotatable bonds is 4. The number of nitrogens with zero attached hydrogens (tertiary/aromatic N) is 2. The van der Waals surface area contributed by atoms with E-state index in [-0.39, 0.29) is 4.21 Å². The first kappa shape index (κ1) is 15.7. The first-order chi connectivity index (χ1) is 9.37. The maximum absolute atomic E-state index is 11.9. The fourth-order valence-electron chi connectivity index (χ4n) is 1.56. The van der Waals surface area contributed by atoms with E-state index in [0.29, 0.717) is 20.8 Å². The van der Waals surface area contributed by atoms with Crippen LogP contribution in [-0.4, -0.2) is 31.8 Å². The van der Waals surface area contributed by atoms with Crippen LogP contribution >= 0.6 is 34.7 Å². The van der Waals surface area contributed by atoms with Crippen LogP contribution in [0.25, 0.3) is 11.3 Å². The Morgan fingerprint density at radius 2 is 2.05 bits per heavy atom. The molecule has 0 radical (unpaired) electrons. The molecule has 5 nitrogen and oxygen atoms in total. The minimum Gasteiger partial charge on any atom is -0.269 e. The highest BCUT2D eigenvalue weighted by atomic mass is 35.5. The van der Waals surface area contributed by atoms with E-state index in [1.165, 1.54) is 11.8 Å². The zero-order chi connectivity index (χ0) is 14.9. The average Bonchev–Trinajstić information content (AvgIpc) is 2.81. The lowest BCUT2D eigenvalue weighted by molar-refractivity contribution is 0.399. The standard InChI is InChI=1S/C11H11ClN2O3S3/c1-6-4-8(14-11(13-6)18-3)7-5-9(12)19-10(7)20(15,16)17-2/h4-5H,1-3H3. The second-order valence-electron chi connectivity index (χ2n) is 3.75. The summed E-state index contributed by atoms with van der Waals surface area (Å²) in [6.45, 7) is 1.82. The Balaban J connectivity index is 2.67. The predicted molar refractivity (Wildman–Crippen MR) is 81.1 cm³/mol. The molecule has 108 valence electrons. The first-order valence-electron chi connectivity index (χ1n) is 5.37. The zero-order valence-electron chi connectivity index (χ0n) is 10.9. The molecule has 0 aliphatic rings. The Bertz CT molecular complexity index is 743. The molecule has 2 aromatic rings. The van der Waals surface area contributed by atoms with Crippen molar-refractivity contribution in [2.24, 2.45) is 0 Å². The molecule has 0 amide bonds. The lowest BCUT2D eigenvalue weighted by Crippen LogP contribution is -2.03. The van der Waals surface area contributed by atoms with E-state index in [9.17, 15) is 8.42 Å². The van der Waals surface area contributed by atoms with Gasteiger partial charge in [-0.1, -0.05) is 23.4 Å². The molecule has 9 heteroatoms. The third kappa shape index (κ3) is 3.15. The molecule has 2 aromatic heterocycles. The van der Waals surface area contributed by atoms with E-state index in [4.69, 9.17) is 11.6 Å². The number of thioether (sulfide) groups is 1. The molecule has 0 saturated carbocycles. The number of aromatic nitrogens is 2. The van der Waals surface area contributed by atoms with Gasteiger partial charge < -0.3 is 0 Å². The van der Waals surface area contributed by atoms with Crippen LogP contribution in [0.5, 0.6) is 0 Å². The summed E-state index contributed by atoms with van der Waals surface area (Å²) in [7, 11) is -2.71. The quantitative estimate of drug-likeness (QED) is 0.479. The van der Waals surface area contributed by atoms with Crippen molar-refractivity contribution in [1.82, 2.24) is 9.97 Å². The number of hydrogen-bond acceptors (Lipinski definition) is 7. The summed E-state index contributed by atoms with van der Waals surface area (Å²) in [6, 6.07) is 3.29. The van der Waals surface area contributed by atoms with E-state index in [0.717, 1.165) is 24.1 Å². The van der Waals surface area contributed by atoms with Crippen molar-refractivity contribution >= 4 is 44.8 Å². The summed E-state index contributed by atoms with van der Waals surface area (Å²) in [5.74, 6) is 0. The molecule has 20 heavy (non-hydrogen) atoms. The van der Waals surface area contributed by atoms with Crippen LogP contribution < -0.4 is 0 Å². The Morgan fingerprint density at radius 3 is 2.65 bits per heavy atom. The van der Waals surface area contributed by atoms with Gasteiger partial charge in [-0.15, -0.1) is 11.3 Å². The van der Waals surface area contributed by atoms with E-state index in [1.807, 2.05) is 13.2 Å². The summed E-state index contributed by atoms with van der Waals surface area (Å²) < 4.78 is 28.8. The van der Waals surface area contributed by atoms with Crippen LogP contribution in [0.15, 0.2) is 21.5 Å². The lowest BCUT2D eigenvalue weighted by atomic mass is 10.2. The van der Waals surface area contributed by atoms with E-state index in [1.54, 1.807) is 12.1 Å². The van der Waals surface area contributed by atoms with Crippen molar-refractivity contribution < 1.29 is 12.6 Å². The van der Waals surface area contributed by atoms with Gasteiger partial charge in [0, 0.05) is 11.3 Å². The van der Waals surface area contributed by atoms with Gasteiger partial charge in [0.25, 0.3) is 0 Å². The van der Waals surface area contributed by atoms with Gasteiger partial charge in [0.05, 0.1) is 17.1 Å². The summed E-state index contributed by atoms with van der Waals surface area (Å²) in [6.07, 6.45) is 1.85. The Hall–Kier alpha value is -0.670. The smallest absolute Gasteiger partial charge is 0.269 e. The molecular formula is C11H11ClN2O3S3. The van der Waals surface area contributed by atoms with Gasteiger partial charge in [0.2, 0.25) is 0 Å². The van der Waals surface area contributed by atoms with Crippen LogP contribution in [0.4, 0.5) is 0 Å². The molecule has 0 fully saturated rings. The monoisotopic (exact) mass is 350 g/mol. The summed E-state index contributed by atoms with van der Waals surface area (Å²) in [5.41, 5.74) is 1.70. The number of aryl methyl sites for hydroxylation is 1. The number of halogens is 1. The fourth-order valence-corrected chi connectivity index (χ4v) is 4.55. The van der Waals surface area contributed by atoms with Crippen molar-refractivity contribution in [3.05, 3.63) is 22.2 Å². The van der Waals surface area contributed by atoms with Crippen LogP contribution in [0.1, 0.15) is 5.69 Å². The van der Waals surface area contributed by atoms with Gasteiger partial charge in [-0.05, 0) is 25.3 Å². The van der Waals surface area contributed by atoms with Gasteiger partial charge in [-0.3, -0.25) is 4.18 Å². The largest absolute Gasteiger partial charge is 0.307 e. The van der Waals surface area contributed by atoms with Gasteiger partial charge in [0.15, 0.2) is 9.37 Å². The van der Waals surface area contributed by atoms with Crippen molar-refractivity contribution in [2.45, 2.75) is 16.3 Å². The van der Waals surface area contributed by atoms with Crippen LogP contribution in [0.3, 0.4) is 0 Å². The second kappa shape index (κ2) is 5.98. The molecule has 0 saturated heterocycles. The average molecular weight is 351 g/mol. The maximum atomic E-state index is 11.9. The highest BCUT2D eigenvalue weighted by Gasteiger charge is 2.24. The van der Waals surface area contributed by atoms with E-state index in [2.05, 4.69) is 14.2 Å². The predicted octanol–water partition coefficient (Wildman–Crippen LogP) is 3.22. The second-order valence-corrected chi connectivity index (χ2v) is 8.12. The highest BCUT2D eigenvalue weighted by Crippen LogP contribution is 2.38. The molecule has 0 bridgehead atoms. The van der Waals surface area contributed by atoms with Crippen molar-refractivity contribution in [2.75, 3.05) is 13.4 Å². The Morgan fingerprint density at radius 1 is 1.35 bits per heavy atom. The number of thiophene rings is 1. The third-order valence-electron chi connectivity index (χ3n) is 2.41. The zero-order valence-corrected chi connectivity index (χ0v) is 14.1. The molecule has 0 N–H and O–H groups in total. The van der Waals surface area contributed by atoms with Crippen LogP contribution in [0, 0.1) is 6.92 Å². The van der Waals surface area contributed by atoms with E-state index < -0.39 is 10.1 Å². The van der Waals surface area contributed by atoms with Gasteiger partial charge in [-0.2, -0.15) is 8.42 Å². The molecule has 2 rings (SSSR count). The van der Waals surface area contributed by atoms with Gasteiger partial charge in [0.1, 0.15) is 0 Å². The SMILES string of the molecule is COS(=O)(=O)c1sc(Cl)cc1-c1cc(C)nc(SC)n1. The van der Waals surface area contributed by atoms with Crippen LogP contribution in [-0.2, 0) is 14.3 Å². The number of hydrogen-bond donors (Lipinski definition) is 0. The topological polar surface area (TPSA) is 69.2 Å². The molecule has 0 spiro atoms. The summed E-state index contributed by atoms with van der Waals surface area (Å²) in [5, 5.41) is 0.572. The molecule has 0 aromatic carbocycles. The normalized spacial score (nSPS) is 11.8. The molecule has 0 unspecified atom stereocenters.